The van der Waals surface area contributed by atoms with Gasteiger partial charge in [0, 0.05) is 13.2 Å². The van der Waals surface area contributed by atoms with Crippen LogP contribution in [-0.4, -0.2) is 41.1 Å². The van der Waals surface area contributed by atoms with Gasteiger partial charge in [0.1, 0.15) is 0 Å². The highest BCUT2D eigenvalue weighted by Crippen LogP contribution is 2.26. The van der Waals surface area contributed by atoms with Crippen molar-refractivity contribution in [3.05, 3.63) is 34.9 Å². The van der Waals surface area contributed by atoms with E-state index in [2.05, 4.69) is 52.9 Å². The van der Waals surface area contributed by atoms with Gasteiger partial charge in [0.05, 0.1) is 17.9 Å². The minimum Gasteiger partial charge on any atom is -0.376 e. The summed E-state index contributed by atoms with van der Waals surface area (Å²) in [5.74, 6) is 0.324. The molecule has 0 bridgehead atoms. The lowest BCUT2D eigenvalue weighted by Crippen LogP contribution is -2.28. The second-order valence-corrected chi connectivity index (χ2v) is 9.01. The number of nitrogens with zero attached hydrogens (tertiary/aromatic N) is 2. The molecule has 6 nitrogen and oxygen atoms in total. The van der Waals surface area contributed by atoms with Crippen molar-refractivity contribution in [1.82, 2.24) is 15.5 Å². The number of amides is 1. The number of aromatic nitrogens is 2. The van der Waals surface area contributed by atoms with Gasteiger partial charge in [0.15, 0.2) is 4.34 Å². The molecule has 1 aliphatic heterocycles. The first-order valence-corrected chi connectivity index (χ1v) is 11.0. The van der Waals surface area contributed by atoms with E-state index in [4.69, 9.17) is 4.74 Å². The fraction of sp³-hybridized carbons (Fsp3) is 0.526. The van der Waals surface area contributed by atoms with Gasteiger partial charge in [-0.2, -0.15) is 0 Å². The van der Waals surface area contributed by atoms with Crippen LogP contribution in [0.5, 0.6) is 0 Å². The lowest BCUT2D eigenvalue weighted by atomic mass is 10.0. The predicted molar refractivity (Wildman–Crippen MR) is 111 cm³/mol. The lowest BCUT2D eigenvalue weighted by molar-refractivity contribution is -0.119. The quantitative estimate of drug-likeness (QED) is 0.651. The minimum atomic E-state index is -0.0181. The van der Waals surface area contributed by atoms with E-state index in [9.17, 15) is 4.79 Å². The van der Waals surface area contributed by atoms with Gasteiger partial charge in [-0.25, -0.2) is 0 Å². The Kier molecular flexibility index (Phi) is 7.09. The number of anilines is 1. The van der Waals surface area contributed by atoms with Crippen molar-refractivity contribution < 1.29 is 9.53 Å². The summed E-state index contributed by atoms with van der Waals surface area (Å²) in [7, 11) is 0. The number of nitrogens with one attached hydrogen (secondary N) is 2. The fourth-order valence-corrected chi connectivity index (χ4v) is 4.44. The summed E-state index contributed by atoms with van der Waals surface area (Å²) in [6.45, 7) is 7.78. The van der Waals surface area contributed by atoms with Crippen LogP contribution in [0.4, 0.5) is 5.13 Å². The van der Waals surface area contributed by atoms with Crippen molar-refractivity contribution in [2.75, 3.05) is 24.2 Å². The summed E-state index contributed by atoms with van der Waals surface area (Å²) in [4.78, 5) is 12.3. The first-order chi connectivity index (χ1) is 13.0. The van der Waals surface area contributed by atoms with E-state index in [-0.39, 0.29) is 18.1 Å². The van der Waals surface area contributed by atoms with Crippen molar-refractivity contribution in [2.45, 2.75) is 50.1 Å². The molecule has 2 N–H and O–H groups in total. The largest absolute Gasteiger partial charge is 0.376 e. The lowest BCUT2D eigenvalue weighted by Gasteiger charge is -2.15. The van der Waals surface area contributed by atoms with Crippen molar-refractivity contribution in [2.24, 2.45) is 0 Å². The molecule has 8 heteroatoms. The molecule has 2 atom stereocenters. The van der Waals surface area contributed by atoms with Crippen LogP contribution < -0.4 is 10.6 Å². The number of hydrogen-bond donors (Lipinski definition) is 2. The zero-order chi connectivity index (χ0) is 19.2. The summed E-state index contributed by atoms with van der Waals surface area (Å²) < 4.78 is 6.37. The van der Waals surface area contributed by atoms with Gasteiger partial charge in [-0.05, 0) is 50.3 Å². The Hall–Kier alpha value is -1.64. The Morgan fingerprint density at radius 1 is 1.37 bits per heavy atom. The zero-order valence-electron chi connectivity index (χ0n) is 15.9. The molecular formula is C19H26N4O2S2. The Morgan fingerprint density at radius 3 is 2.96 bits per heavy atom. The van der Waals surface area contributed by atoms with E-state index in [0.29, 0.717) is 5.75 Å². The van der Waals surface area contributed by atoms with Gasteiger partial charge in [0.25, 0.3) is 0 Å². The highest BCUT2D eigenvalue weighted by molar-refractivity contribution is 8.01. The van der Waals surface area contributed by atoms with E-state index < -0.39 is 0 Å². The number of hydrogen-bond acceptors (Lipinski definition) is 7. The summed E-state index contributed by atoms with van der Waals surface area (Å²) in [6, 6.07) is 6.27. The standard InChI is InChI=1S/C19H26N4O2S2/c1-12-6-7-15(9-13(12)2)14(3)21-17(24)11-26-19-23-22-18(27-19)20-10-16-5-4-8-25-16/h6-7,9,14,16H,4-5,8,10-11H2,1-3H3,(H,20,22)(H,21,24). The van der Waals surface area contributed by atoms with E-state index in [1.54, 1.807) is 0 Å². The van der Waals surface area contributed by atoms with E-state index in [1.807, 2.05) is 6.92 Å². The maximum absolute atomic E-state index is 12.3. The molecule has 1 aromatic carbocycles. The second kappa shape index (κ2) is 9.52. The third-order valence-corrected chi connectivity index (χ3v) is 6.66. The normalized spacial score (nSPS) is 17.7. The second-order valence-electron chi connectivity index (χ2n) is 6.81. The number of benzene rings is 1. The molecular weight excluding hydrogens is 380 g/mol. The Bertz CT molecular complexity index is 775. The smallest absolute Gasteiger partial charge is 0.230 e. The van der Waals surface area contributed by atoms with Gasteiger partial charge >= 0.3 is 0 Å². The van der Waals surface area contributed by atoms with Crippen molar-refractivity contribution in [1.29, 1.82) is 0 Å². The molecule has 1 amide bonds. The molecule has 2 heterocycles. The number of thioether (sulfide) groups is 1. The monoisotopic (exact) mass is 406 g/mol. The highest BCUT2D eigenvalue weighted by atomic mass is 32.2. The topological polar surface area (TPSA) is 76.1 Å². The predicted octanol–water partition coefficient (Wildman–Crippen LogP) is 3.72. The summed E-state index contributed by atoms with van der Waals surface area (Å²) in [5.41, 5.74) is 3.61. The number of rotatable bonds is 8. The number of aryl methyl sites for hydroxylation is 2. The van der Waals surface area contributed by atoms with Crippen LogP contribution in [0, 0.1) is 13.8 Å². The molecule has 1 saturated heterocycles. The van der Waals surface area contributed by atoms with Crippen LogP contribution >= 0.6 is 23.1 Å². The zero-order valence-corrected chi connectivity index (χ0v) is 17.6. The van der Waals surface area contributed by atoms with Gasteiger partial charge in [-0.15, -0.1) is 10.2 Å². The third-order valence-electron chi connectivity index (χ3n) is 4.65. The highest BCUT2D eigenvalue weighted by Gasteiger charge is 2.16. The molecule has 146 valence electrons. The molecule has 0 radical (unpaired) electrons. The maximum atomic E-state index is 12.3. The maximum Gasteiger partial charge on any atom is 0.230 e. The molecule has 0 saturated carbocycles. The molecule has 27 heavy (non-hydrogen) atoms. The van der Waals surface area contributed by atoms with Crippen LogP contribution in [0.3, 0.4) is 0 Å². The summed E-state index contributed by atoms with van der Waals surface area (Å²) >= 11 is 2.88. The Labute approximate surface area is 168 Å². The van der Waals surface area contributed by atoms with Crippen LogP contribution in [-0.2, 0) is 9.53 Å². The average Bonchev–Trinajstić information content (AvgIpc) is 3.32. The number of ether oxygens (including phenoxy) is 1. The molecule has 0 aliphatic carbocycles. The van der Waals surface area contributed by atoms with Gasteiger partial charge in [0.2, 0.25) is 11.0 Å². The molecule has 3 rings (SSSR count). The van der Waals surface area contributed by atoms with Crippen molar-refractivity contribution >= 4 is 34.1 Å². The first-order valence-electron chi connectivity index (χ1n) is 9.19. The number of carbonyl (C=O) groups excluding carboxylic acids is 1. The summed E-state index contributed by atoms with van der Waals surface area (Å²) in [5, 5.41) is 15.4. The molecule has 1 aliphatic rings. The van der Waals surface area contributed by atoms with Gasteiger partial charge in [-0.3, -0.25) is 4.79 Å². The van der Waals surface area contributed by atoms with Crippen molar-refractivity contribution in [3.63, 3.8) is 0 Å². The average molecular weight is 407 g/mol. The van der Waals surface area contributed by atoms with Crippen LogP contribution in [0.1, 0.15) is 42.5 Å². The molecule has 2 unspecified atom stereocenters. The number of carbonyl (C=O) groups is 1. The van der Waals surface area contributed by atoms with Crippen LogP contribution in [0.25, 0.3) is 0 Å². The van der Waals surface area contributed by atoms with E-state index in [0.717, 1.165) is 41.0 Å². The summed E-state index contributed by atoms with van der Waals surface area (Å²) in [6.07, 6.45) is 2.48. The first kappa shape index (κ1) is 20.1. The molecule has 1 fully saturated rings. The molecule has 1 aromatic heterocycles. The van der Waals surface area contributed by atoms with Crippen LogP contribution in [0.2, 0.25) is 0 Å². The van der Waals surface area contributed by atoms with Crippen molar-refractivity contribution in [3.8, 4) is 0 Å². The van der Waals surface area contributed by atoms with E-state index in [1.165, 1.54) is 34.2 Å². The third kappa shape index (κ3) is 5.92. The molecule has 2 aromatic rings. The van der Waals surface area contributed by atoms with Gasteiger partial charge < -0.3 is 15.4 Å². The fourth-order valence-electron chi connectivity index (χ4n) is 2.87. The molecule has 0 spiro atoms. The van der Waals surface area contributed by atoms with E-state index >= 15 is 0 Å². The SMILES string of the molecule is Cc1ccc(C(C)NC(=O)CSc2nnc(NCC3CCCO3)s2)cc1C. The van der Waals surface area contributed by atoms with Gasteiger partial charge in [-0.1, -0.05) is 41.3 Å². The Balaban J connectivity index is 1.42. The van der Waals surface area contributed by atoms with Crippen LogP contribution in [0.15, 0.2) is 22.5 Å². The minimum absolute atomic E-state index is 0.00482. The Morgan fingerprint density at radius 2 is 2.22 bits per heavy atom.